The molecule has 2 amide bonds. The highest BCUT2D eigenvalue weighted by molar-refractivity contribution is 6.04. The summed E-state index contributed by atoms with van der Waals surface area (Å²) < 4.78 is 0. The fourth-order valence-corrected chi connectivity index (χ4v) is 3.10. The Hall–Kier alpha value is -2.66. The third kappa shape index (κ3) is 4.74. The van der Waals surface area contributed by atoms with Crippen molar-refractivity contribution in [1.82, 2.24) is 5.32 Å². The van der Waals surface area contributed by atoms with Gasteiger partial charge < -0.3 is 15.7 Å². The molecule has 0 spiro atoms. The molecule has 0 saturated carbocycles. The fraction of sp³-hybridized carbons (Fsp3) is 0.364. The number of aliphatic hydroxyl groups excluding tert-OH is 1. The third-order valence-electron chi connectivity index (χ3n) is 4.73. The van der Waals surface area contributed by atoms with Crippen molar-refractivity contribution in [1.29, 1.82) is 0 Å². The molecule has 1 unspecified atom stereocenters. The second-order valence-corrected chi connectivity index (χ2v) is 8.13. The Morgan fingerprint density at radius 2 is 1.70 bits per heavy atom. The lowest BCUT2D eigenvalue weighted by molar-refractivity contribution is -0.128. The summed E-state index contributed by atoms with van der Waals surface area (Å²) in [5.41, 5.74) is 4.03. The van der Waals surface area contributed by atoms with Crippen molar-refractivity contribution in [3.05, 3.63) is 64.7 Å². The number of fused-ring (bicyclic) bond motifs is 1. The van der Waals surface area contributed by atoms with Crippen LogP contribution in [0.15, 0.2) is 42.5 Å². The molecule has 27 heavy (non-hydrogen) atoms. The lowest BCUT2D eigenvalue weighted by Gasteiger charge is -2.17. The second-order valence-electron chi connectivity index (χ2n) is 8.13. The van der Waals surface area contributed by atoms with Gasteiger partial charge in [-0.2, -0.15) is 0 Å². The summed E-state index contributed by atoms with van der Waals surface area (Å²) in [6.07, 6.45) is 0.988. The van der Waals surface area contributed by atoms with E-state index in [0.29, 0.717) is 24.9 Å². The van der Waals surface area contributed by atoms with Crippen LogP contribution < -0.4 is 10.6 Å². The highest BCUT2D eigenvalue weighted by Crippen LogP contribution is 2.25. The minimum atomic E-state index is -0.425. The van der Waals surface area contributed by atoms with E-state index in [-0.39, 0.29) is 17.9 Å². The standard InChI is InChI=1S/C22H26N2O3/c1-22(2,3)21(27)23-13-14-4-6-15(7-5-14)20(26)24-18-9-8-16-11-19(25)12-17(16)10-18/h4-10,19,25H,11-13H2,1-3H3,(H,23,27)(H,24,26). The molecular weight excluding hydrogens is 340 g/mol. The van der Waals surface area contributed by atoms with Crippen molar-refractivity contribution in [2.45, 2.75) is 46.3 Å². The molecule has 0 fully saturated rings. The van der Waals surface area contributed by atoms with Gasteiger partial charge in [0.25, 0.3) is 5.91 Å². The van der Waals surface area contributed by atoms with Crippen LogP contribution in [0.2, 0.25) is 0 Å². The number of hydrogen-bond donors (Lipinski definition) is 3. The highest BCUT2D eigenvalue weighted by atomic mass is 16.3. The van der Waals surface area contributed by atoms with Gasteiger partial charge in [0.1, 0.15) is 0 Å². The van der Waals surface area contributed by atoms with Gasteiger partial charge in [-0.1, -0.05) is 39.0 Å². The lowest BCUT2D eigenvalue weighted by atomic mass is 9.95. The van der Waals surface area contributed by atoms with Gasteiger partial charge in [-0.15, -0.1) is 0 Å². The topological polar surface area (TPSA) is 78.4 Å². The molecule has 2 aromatic carbocycles. The zero-order valence-corrected chi connectivity index (χ0v) is 16.0. The zero-order chi connectivity index (χ0) is 19.6. The first kappa shape index (κ1) is 19.1. The van der Waals surface area contributed by atoms with Crippen LogP contribution >= 0.6 is 0 Å². The van der Waals surface area contributed by atoms with E-state index in [9.17, 15) is 14.7 Å². The van der Waals surface area contributed by atoms with Gasteiger partial charge in [0.2, 0.25) is 5.91 Å². The number of carbonyl (C=O) groups excluding carboxylic acids is 2. The van der Waals surface area contributed by atoms with Crippen LogP contribution in [0.3, 0.4) is 0 Å². The number of benzene rings is 2. The highest BCUT2D eigenvalue weighted by Gasteiger charge is 2.21. The summed E-state index contributed by atoms with van der Waals surface area (Å²) in [5.74, 6) is -0.190. The predicted octanol–water partition coefficient (Wildman–Crippen LogP) is 3.06. The zero-order valence-electron chi connectivity index (χ0n) is 16.0. The van der Waals surface area contributed by atoms with Crippen LogP contribution in [-0.4, -0.2) is 23.0 Å². The number of hydrogen-bond acceptors (Lipinski definition) is 3. The number of nitrogens with one attached hydrogen (secondary N) is 2. The van der Waals surface area contributed by atoms with Gasteiger partial charge in [-0.05, 0) is 53.8 Å². The van der Waals surface area contributed by atoms with Gasteiger partial charge in [0, 0.05) is 23.2 Å². The van der Waals surface area contributed by atoms with Crippen LogP contribution in [0.25, 0.3) is 0 Å². The maximum absolute atomic E-state index is 12.5. The first-order chi connectivity index (χ1) is 12.7. The number of amides is 2. The van der Waals surface area contributed by atoms with E-state index in [0.717, 1.165) is 22.4 Å². The van der Waals surface area contributed by atoms with Crippen molar-refractivity contribution < 1.29 is 14.7 Å². The molecule has 2 aromatic rings. The molecule has 0 saturated heterocycles. The van der Waals surface area contributed by atoms with Crippen molar-refractivity contribution in [2.24, 2.45) is 5.41 Å². The molecule has 0 aromatic heterocycles. The van der Waals surface area contributed by atoms with E-state index < -0.39 is 5.41 Å². The molecule has 142 valence electrons. The van der Waals surface area contributed by atoms with E-state index in [1.54, 1.807) is 12.1 Å². The van der Waals surface area contributed by atoms with Crippen molar-refractivity contribution >= 4 is 17.5 Å². The summed E-state index contributed by atoms with van der Waals surface area (Å²) in [7, 11) is 0. The van der Waals surface area contributed by atoms with Gasteiger partial charge in [-0.25, -0.2) is 0 Å². The van der Waals surface area contributed by atoms with Crippen LogP contribution in [0.4, 0.5) is 5.69 Å². The maximum Gasteiger partial charge on any atom is 0.255 e. The molecule has 3 N–H and O–H groups in total. The van der Waals surface area contributed by atoms with Crippen LogP contribution in [0.1, 0.15) is 47.8 Å². The number of carbonyl (C=O) groups is 2. The fourth-order valence-electron chi connectivity index (χ4n) is 3.10. The Balaban J connectivity index is 1.60. The van der Waals surface area contributed by atoms with Crippen molar-refractivity contribution in [3.63, 3.8) is 0 Å². The van der Waals surface area contributed by atoms with E-state index in [2.05, 4.69) is 10.6 Å². The minimum absolute atomic E-state index is 0.00829. The van der Waals surface area contributed by atoms with Crippen LogP contribution in [0, 0.1) is 5.41 Å². The Bertz CT molecular complexity index is 851. The first-order valence-corrected chi connectivity index (χ1v) is 9.21. The smallest absolute Gasteiger partial charge is 0.255 e. The quantitative estimate of drug-likeness (QED) is 0.778. The summed E-state index contributed by atoms with van der Waals surface area (Å²) in [4.78, 5) is 24.4. The molecule has 5 heteroatoms. The SMILES string of the molecule is CC(C)(C)C(=O)NCc1ccc(C(=O)Nc2ccc3c(c2)CC(O)C3)cc1. The van der Waals surface area contributed by atoms with Gasteiger partial charge >= 0.3 is 0 Å². The minimum Gasteiger partial charge on any atom is -0.392 e. The maximum atomic E-state index is 12.5. The number of aliphatic hydroxyl groups is 1. The van der Waals surface area contributed by atoms with E-state index >= 15 is 0 Å². The summed E-state index contributed by atoms with van der Waals surface area (Å²) in [6.45, 7) is 6.05. The van der Waals surface area contributed by atoms with Gasteiger partial charge in [0.05, 0.1) is 6.10 Å². The molecule has 0 radical (unpaired) electrons. The first-order valence-electron chi connectivity index (χ1n) is 9.21. The molecular formula is C22H26N2O3. The number of anilines is 1. The Morgan fingerprint density at radius 3 is 2.37 bits per heavy atom. The molecule has 0 bridgehead atoms. The molecule has 1 atom stereocenters. The van der Waals surface area contributed by atoms with Crippen molar-refractivity contribution in [2.75, 3.05) is 5.32 Å². The van der Waals surface area contributed by atoms with Crippen molar-refractivity contribution in [3.8, 4) is 0 Å². The van der Waals surface area contributed by atoms with E-state index in [1.165, 1.54) is 0 Å². The van der Waals surface area contributed by atoms with Crippen LogP contribution in [-0.2, 0) is 24.2 Å². The Morgan fingerprint density at radius 1 is 1.04 bits per heavy atom. The molecule has 5 nitrogen and oxygen atoms in total. The van der Waals surface area contributed by atoms with Gasteiger partial charge in [0.15, 0.2) is 0 Å². The third-order valence-corrected chi connectivity index (χ3v) is 4.73. The van der Waals surface area contributed by atoms with E-state index in [1.807, 2.05) is 51.1 Å². The summed E-state index contributed by atoms with van der Waals surface area (Å²) in [6, 6.07) is 13.0. The van der Waals surface area contributed by atoms with E-state index in [4.69, 9.17) is 0 Å². The normalized spacial score (nSPS) is 15.9. The average molecular weight is 366 g/mol. The Labute approximate surface area is 159 Å². The molecule has 3 rings (SSSR count). The number of rotatable bonds is 4. The molecule has 0 heterocycles. The molecule has 0 aliphatic heterocycles. The largest absolute Gasteiger partial charge is 0.392 e. The predicted molar refractivity (Wildman–Crippen MR) is 106 cm³/mol. The summed E-state index contributed by atoms with van der Waals surface area (Å²) >= 11 is 0. The lowest BCUT2D eigenvalue weighted by Crippen LogP contribution is -2.34. The van der Waals surface area contributed by atoms with Crippen LogP contribution in [0.5, 0.6) is 0 Å². The Kier molecular flexibility index (Phi) is 5.33. The average Bonchev–Trinajstić information content (AvgIpc) is 2.98. The second kappa shape index (κ2) is 7.53. The molecule has 1 aliphatic rings. The van der Waals surface area contributed by atoms with Gasteiger partial charge in [-0.3, -0.25) is 9.59 Å². The monoisotopic (exact) mass is 366 g/mol. The molecule has 1 aliphatic carbocycles. The summed E-state index contributed by atoms with van der Waals surface area (Å²) in [5, 5.41) is 15.5.